The van der Waals surface area contributed by atoms with E-state index in [4.69, 9.17) is 4.98 Å². The van der Waals surface area contributed by atoms with Crippen LogP contribution in [0.3, 0.4) is 0 Å². The SMILES string of the molecule is Cc1ccc2nnc(C3CCN(c4ccnc(C5CC5)n4)CC3)n2n1. The van der Waals surface area contributed by atoms with Crippen LogP contribution in [0.1, 0.15) is 54.9 Å². The fourth-order valence-corrected chi connectivity index (χ4v) is 3.60. The molecule has 0 spiro atoms. The van der Waals surface area contributed by atoms with Crippen molar-refractivity contribution in [3.8, 4) is 0 Å². The molecule has 0 aromatic carbocycles. The molecule has 25 heavy (non-hydrogen) atoms. The summed E-state index contributed by atoms with van der Waals surface area (Å²) in [6.45, 7) is 3.96. The molecule has 0 atom stereocenters. The molecule has 5 rings (SSSR count). The molecule has 0 bridgehead atoms. The third kappa shape index (κ3) is 2.73. The van der Waals surface area contributed by atoms with E-state index in [9.17, 15) is 0 Å². The zero-order valence-electron chi connectivity index (χ0n) is 14.3. The van der Waals surface area contributed by atoms with E-state index in [1.165, 1.54) is 12.8 Å². The van der Waals surface area contributed by atoms with Gasteiger partial charge < -0.3 is 4.90 Å². The summed E-state index contributed by atoms with van der Waals surface area (Å²) in [5, 5.41) is 13.3. The van der Waals surface area contributed by atoms with Crippen LogP contribution in [-0.4, -0.2) is 42.9 Å². The van der Waals surface area contributed by atoms with Crippen LogP contribution < -0.4 is 4.90 Å². The van der Waals surface area contributed by atoms with Crippen molar-refractivity contribution < 1.29 is 0 Å². The summed E-state index contributed by atoms with van der Waals surface area (Å²) in [4.78, 5) is 11.6. The fourth-order valence-electron chi connectivity index (χ4n) is 3.60. The lowest BCUT2D eigenvalue weighted by atomic mass is 9.96. The zero-order chi connectivity index (χ0) is 16.8. The maximum Gasteiger partial charge on any atom is 0.177 e. The second-order valence-corrected chi connectivity index (χ2v) is 7.11. The van der Waals surface area contributed by atoms with E-state index in [0.717, 1.165) is 54.7 Å². The Kier molecular flexibility index (Phi) is 3.39. The van der Waals surface area contributed by atoms with E-state index < -0.39 is 0 Å². The van der Waals surface area contributed by atoms with Crippen LogP contribution >= 0.6 is 0 Å². The van der Waals surface area contributed by atoms with E-state index in [1.54, 1.807) is 0 Å². The number of piperidine rings is 1. The first-order valence-electron chi connectivity index (χ1n) is 9.05. The molecule has 0 radical (unpaired) electrons. The number of hydrogen-bond donors (Lipinski definition) is 0. The van der Waals surface area contributed by atoms with Crippen LogP contribution in [0.5, 0.6) is 0 Å². The number of anilines is 1. The minimum Gasteiger partial charge on any atom is -0.356 e. The number of rotatable bonds is 3. The topological polar surface area (TPSA) is 72.1 Å². The predicted molar refractivity (Wildman–Crippen MR) is 93.7 cm³/mol. The number of aryl methyl sites for hydroxylation is 1. The van der Waals surface area contributed by atoms with E-state index >= 15 is 0 Å². The standard InChI is InChI=1S/C18H21N7/c1-12-2-5-16-21-22-18(25(16)23-12)14-7-10-24(11-8-14)15-6-9-19-17(20-15)13-3-4-13/h2,5-6,9,13-14H,3-4,7-8,10-11H2,1H3. The summed E-state index contributed by atoms with van der Waals surface area (Å²) >= 11 is 0. The van der Waals surface area contributed by atoms with Gasteiger partial charge in [-0.05, 0) is 50.8 Å². The monoisotopic (exact) mass is 335 g/mol. The molecule has 0 N–H and O–H groups in total. The third-order valence-corrected chi connectivity index (χ3v) is 5.21. The van der Waals surface area contributed by atoms with Gasteiger partial charge in [0.25, 0.3) is 0 Å². The maximum atomic E-state index is 4.78. The normalized spacial score (nSPS) is 18.8. The van der Waals surface area contributed by atoms with Crippen molar-refractivity contribution in [3.05, 3.63) is 41.7 Å². The zero-order valence-corrected chi connectivity index (χ0v) is 14.3. The van der Waals surface area contributed by atoms with Crippen LogP contribution in [-0.2, 0) is 0 Å². The Morgan fingerprint density at radius 2 is 1.80 bits per heavy atom. The molecule has 2 fully saturated rings. The van der Waals surface area contributed by atoms with Crippen molar-refractivity contribution in [3.63, 3.8) is 0 Å². The Labute approximate surface area is 146 Å². The smallest absolute Gasteiger partial charge is 0.177 e. The maximum absolute atomic E-state index is 4.78. The highest BCUT2D eigenvalue weighted by Crippen LogP contribution is 2.38. The van der Waals surface area contributed by atoms with Gasteiger partial charge in [0.05, 0.1) is 5.69 Å². The largest absolute Gasteiger partial charge is 0.356 e. The summed E-state index contributed by atoms with van der Waals surface area (Å²) < 4.78 is 1.91. The van der Waals surface area contributed by atoms with Gasteiger partial charge >= 0.3 is 0 Å². The first kappa shape index (κ1) is 14.7. The summed E-state index contributed by atoms with van der Waals surface area (Å²) in [7, 11) is 0. The van der Waals surface area contributed by atoms with Gasteiger partial charge in [0, 0.05) is 31.1 Å². The molecule has 3 aromatic heterocycles. The van der Waals surface area contributed by atoms with Crippen LogP contribution in [0.25, 0.3) is 5.65 Å². The van der Waals surface area contributed by atoms with Crippen molar-refractivity contribution in [2.45, 2.75) is 44.4 Å². The van der Waals surface area contributed by atoms with Gasteiger partial charge in [0.1, 0.15) is 11.6 Å². The predicted octanol–water partition coefficient (Wildman–Crippen LogP) is 2.48. The average molecular weight is 335 g/mol. The van der Waals surface area contributed by atoms with Gasteiger partial charge in [-0.1, -0.05) is 0 Å². The fraction of sp³-hybridized carbons (Fsp3) is 0.500. The molecule has 1 aliphatic heterocycles. The van der Waals surface area contributed by atoms with E-state index in [1.807, 2.05) is 35.8 Å². The Hall–Kier alpha value is -2.57. The molecule has 0 amide bonds. The lowest BCUT2D eigenvalue weighted by Gasteiger charge is -2.32. The lowest BCUT2D eigenvalue weighted by molar-refractivity contribution is 0.474. The Balaban J connectivity index is 1.34. The van der Waals surface area contributed by atoms with E-state index in [2.05, 4.69) is 25.2 Å². The van der Waals surface area contributed by atoms with Gasteiger partial charge in [-0.3, -0.25) is 0 Å². The average Bonchev–Trinajstić information content (AvgIpc) is 3.42. The molecule has 1 saturated carbocycles. The third-order valence-electron chi connectivity index (χ3n) is 5.21. The molecule has 2 aliphatic rings. The number of fused-ring (bicyclic) bond motifs is 1. The highest BCUT2D eigenvalue weighted by Gasteiger charge is 2.29. The van der Waals surface area contributed by atoms with Crippen molar-refractivity contribution in [2.24, 2.45) is 0 Å². The number of hydrogen-bond acceptors (Lipinski definition) is 6. The number of nitrogens with zero attached hydrogens (tertiary/aromatic N) is 7. The van der Waals surface area contributed by atoms with Crippen molar-refractivity contribution in [1.29, 1.82) is 0 Å². The summed E-state index contributed by atoms with van der Waals surface area (Å²) in [6, 6.07) is 5.99. The van der Waals surface area contributed by atoms with Crippen LogP contribution in [0.4, 0.5) is 5.82 Å². The Bertz CT molecular complexity index is 907. The van der Waals surface area contributed by atoms with E-state index in [-0.39, 0.29) is 0 Å². The minimum atomic E-state index is 0.394. The first-order valence-corrected chi connectivity index (χ1v) is 9.05. The van der Waals surface area contributed by atoms with E-state index in [0.29, 0.717) is 11.8 Å². The highest BCUT2D eigenvalue weighted by atomic mass is 15.4. The molecule has 0 unspecified atom stereocenters. The Morgan fingerprint density at radius 3 is 2.60 bits per heavy atom. The molecule has 7 nitrogen and oxygen atoms in total. The molecule has 128 valence electrons. The van der Waals surface area contributed by atoms with Crippen LogP contribution in [0, 0.1) is 6.92 Å². The van der Waals surface area contributed by atoms with Gasteiger partial charge in [-0.15, -0.1) is 10.2 Å². The molecule has 1 saturated heterocycles. The Morgan fingerprint density at radius 1 is 0.960 bits per heavy atom. The summed E-state index contributed by atoms with van der Waals surface area (Å²) in [5.41, 5.74) is 1.81. The van der Waals surface area contributed by atoms with Crippen molar-refractivity contribution in [1.82, 2.24) is 29.8 Å². The molecule has 1 aliphatic carbocycles. The number of aromatic nitrogens is 6. The second kappa shape index (κ2) is 5.75. The highest BCUT2D eigenvalue weighted by molar-refractivity contribution is 5.40. The molecular weight excluding hydrogens is 314 g/mol. The summed E-state index contributed by atoms with van der Waals surface area (Å²) in [5.74, 6) is 4.05. The van der Waals surface area contributed by atoms with Crippen LogP contribution in [0.2, 0.25) is 0 Å². The van der Waals surface area contributed by atoms with Crippen molar-refractivity contribution >= 4 is 11.5 Å². The lowest BCUT2D eigenvalue weighted by Crippen LogP contribution is -2.34. The molecule has 7 heteroatoms. The van der Waals surface area contributed by atoms with Gasteiger partial charge in [-0.25, -0.2) is 9.97 Å². The van der Waals surface area contributed by atoms with Crippen molar-refractivity contribution in [2.75, 3.05) is 18.0 Å². The molecule has 3 aromatic rings. The molecular formula is C18H21N7. The first-order chi connectivity index (χ1) is 12.3. The van der Waals surface area contributed by atoms with Crippen LogP contribution in [0.15, 0.2) is 24.4 Å². The van der Waals surface area contributed by atoms with Gasteiger partial charge in [0.2, 0.25) is 0 Å². The quantitative estimate of drug-likeness (QED) is 0.732. The van der Waals surface area contributed by atoms with Gasteiger partial charge in [-0.2, -0.15) is 9.61 Å². The molecule has 4 heterocycles. The summed E-state index contributed by atoms with van der Waals surface area (Å²) in [6.07, 6.45) is 6.45. The minimum absolute atomic E-state index is 0.394. The second-order valence-electron chi connectivity index (χ2n) is 7.11. The van der Waals surface area contributed by atoms with Gasteiger partial charge in [0.15, 0.2) is 11.5 Å².